The molecule has 1 saturated heterocycles. The van der Waals surface area contributed by atoms with Gasteiger partial charge in [0.1, 0.15) is 33.9 Å². The van der Waals surface area contributed by atoms with E-state index in [1.807, 2.05) is 0 Å². The van der Waals surface area contributed by atoms with E-state index in [4.69, 9.17) is 28.7 Å². The number of hydrogen-bond donors (Lipinski definition) is 5. The number of Topliss-reactive ketones (excluding diaryl/α,β-unsaturated/α-hetero) is 1. The van der Waals surface area contributed by atoms with Gasteiger partial charge in [-0.3, -0.25) is 19.4 Å². The van der Waals surface area contributed by atoms with Gasteiger partial charge < -0.3 is 54.3 Å². The second-order valence-corrected chi connectivity index (χ2v) is 19.2. The van der Waals surface area contributed by atoms with Gasteiger partial charge in [0, 0.05) is 74.2 Å². The smallest absolute Gasteiger partial charge is 0.410 e. The molecular formula is C48H64N4O13. The Kier molecular flexibility index (Phi) is 13.8. The SMILES string of the molecule is CO[C@H]1/C=C/O[C@@]2(C)Oc3c(C)c(O)c4c(O)c(c5c(c4c3C2=O)NC2(CCN(C(=O)OC(C)(C)C)CC2)CN=5)=NC(=O)/C(C)=C\C=C\[C@H](C)[C@H](O)[C@@H](C)[C@@H](O)[C@@H](C)[C@H](OC(C)=O)C1C. The molecule has 0 saturated carbocycles. The predicted octanol–water partition coefficient (Wildman–Crippen LogP) is 5.07. The molecule has 354 valence electrons. The first-order chi connectivity index (χ1) is 30.3. The minimum absolute atomic E-state index is 0.00421. The molecular weight excluding hydrogens is 841 g/mol. The Hall–Kier alpha value is -5.52. The molecule has 6 rings (SSSR count). The second-order valence-electron chi connectivity index (χ2n) is 19.2. The largest absolute Gasteiger partial charge is 0.507 e. The lowest BCUT2D eigenvalue weighted by molar-refractivity contribution is -0.160. The lowest BCUT2D eigenvalue weighted by Gasteiger charge is -2.44. The number of likely N-dealkylation sites (tertiary alicyclic amines) is 1. The van der Waals surface area contributed by atoms with Crippen molar-refractivity contribution in [3.8, 4) is 17.2 Å². The highest BCUT2D eigenvalue weighted by molar-refractivity contribution is 6.21. The number of carbonyl (C=O) groups excluding carboxylic acids is 4. The molecule has 0 radical (unpaired) electrons. The van der Waals surface area contributed by atoms with Gasteiger partial charge in [0.15, 0.2) is 5.75 Å². The first-order valence-electron chi connectivity index (χ1n) is 22.1. The number of aliphatic hydroxyl groups excluding tert-OH is 2. The Balaban J connectivity index is 1.54. The van der Waals surface area contributed by atoms with Gasteiger partial charge in [-0.2, -0.15) is 0 Å². The average molecular weight is 905 g/mol. The minimum atomic E-state index is -2.01. The average Bonchev–Trinajstić information content (AvgIpc) is 3.51. The number of methoxy groups -OCH3 is 1. The number of phenolic OH excluding ortho intramolecular Hbond substituents is 2. The van der Waals surface area contributed by atoms with E-state index in [0.717, 1.165) is 0 Å². The summed E-state index contributed by atoms with van der Waals surface area (Å²) >= 11 is 0. The van der Waals surface area contributed by atoms with Crippen LogP contribution in [-0.2, 0) is 28.5 Å². The number of phenols is 2. The maximum atomic E-state index is 14.8. The number of aromatic hydroxyl groups is 2. The van der Waals surface area contributed by atoms with Crippen LogP contribution in [0.25, 0.3) is 10.8 Å². The molecule has 2 amide bonds. The molecule has 17 nitrogen and oxygen atoms in total. The summed E-state index contributed by atoms with van der Waals surface area (Å²) in [6, 6.07) is 0. The summed E-state index contributed by atoms with van der Waals surface area (Å²) < 4.78 is 29.6. The number of aliphatic hydroxyl groups is 2. The fourth-order valence-corrected chi connectivity index (χ4v) is 9.21. The van der Waals surface area contributed by atoms with Crippen molar-refractivity contribution >= 4 is 40.2 Å². The van der Waals surface area contributed by atoms with Crippen LogP contribution in [0.5, 0.6) is 17.2 Å². The van der Waals surface area contributed by atoms with Crippen molar-refractivity contribution in [2.24, 2.45) is 33.7 Å². The Morgan fingerprint density at radius 1 is 0.938 bits per heavy atom. The molecule has 17 heteroatoms. The van der Waals surface area contributed by atoms with Crippen LogP contribution >= 0.6 is 0 Å². The number of fused-ring (bicyclic) bond motifs is 1. The van der Waals surface area contributed by atoms with Crippen LogP contribution in [0, 0.1) is 30.6 Å². The van der Waals surface area contributed by atoms with Crippen LogP contribution in [0.1, 0.15) is 98.0 Å². The highest BCUT2D eigenvalue weighted by Gasteiger charge is 2.50. The van der Waals surface area contributed by atoms with Crippen LogP contribution < -0.4 is 20.8 Å². The van der Waals surface area contributed by atoms with Crippen LogP contribution in [0.3, 0.4) is 0 Å². The zero-order chi connectivity index (χ0) is 48.1. The molecule has 0 aliphatic carbocycles. The normalized spacial score (nSPS) is 31.4. The van der Waals surface area contributed by atoms with E-state index < -0.39 is 100 Å². The standard InChI is InChI=1S/C48H64N4O13/c1-23-14-13-15-24(2)44(59)50-36-35-34(51-48(22-49-35)17-19-52(20-18-48)45(60)65-46(8,9)10)31-32(40(36)57)39(56)28(6)42-33(31)43(58)47(11,64-42)62-21-16-30(61-12)25(3)41(63-29(7)53)27(5)38(55)26(4)37(23)54/h13-16,21,23,25-27,30,37-38,41,51,54-57H,17-20,22H2,1-12H3/b14-13+,21-16+,24-15-,50-36?/t23-,25?,26+,27+,30-,37-,38+,41+,47-/m0/s1. The molecule has 4 aliphatic rings. The molecule has 4 bridgehead atoms. The predicted molar refractivity (Wildman–Crippen MR) is 239 cm³/mol. The Bertz CT molecular complexity index is 2470. The fraction of sp³-hybridized carbons (Fsp3) is 0.583. The number of allylic oxidation sites excluding steroid dienone is 2. The van der Waals surface area contributed by atoms with E-state index in [-0.39, 0.29) is 56.2 Å². The molecule has 4 aliphatic heterocycles. The summed E-state index contributed by atoms with van der Waals surface area (Å²) in [5.74, 6) is -7.51. The maximum Gasteiger partial charge on any atom is 0.410 e. The number of anilines is 1. The first-order valence-corrected chi connectivity index (χ1v) is 22.1. The number of piperidine rings is 1. The molecule has 1 fully saturated rings. The van der Waals surface area contributed by atoms with E-state index in [2.05, 4.69) is 10.3 Å². The van der Waals surface area contributed by atoms with Gasteiger partial charge in [-0.25, -0.2) is 9.79 Å². The van der Waals surface area contributed by atoms with Gasteiger partial charge in [0.25, 0.3) is 11.7 Å². The molecule has 5 N–H and O–H groups in total. The molecule has 4 heterocycles. The molecule has 2 aromatic rings. The van der Waals surface area contributed by atoms with Crippen LogP contribution in [-0.4, -0.2) is 117 Å². The summed E-state index contributed by atoms with van der Waals surface area (Å²) in [6.45, 7) is 18.9. The lowest BCUT2D eigenvalue weighted by atomic mass is 9.78. The van der Waals surface area contributed by atoms with Crippen molar-refractivity contribution in [1.29, 1.82) is 0 Å². The summed E-state index contributed by atoms with van der Waals surface area (Å²) in [5, 5.41) is 50.3. The van der Waals surface area contributed by atoms with Crippen LogP contribution in [0.15, 0.2) is 46.1 Å². The third-order valence-corrected chi connectivity index (χ3v) is 13.2. The van der Waals surface area contributed by atoms with Gasteiger partial charge in [-0.15, -0.1) is 0 Å². The molecule has 65 heavy (non-hydrogen) atoms. The minimum Gasteiger partial charge on any atom is -0.507 e. The molecule has 1 spiro atoms. The maximum absolute atomic E-state index is 14.8. The summed E-state index contributed by atoms with van der Waals surface area (Å²) in [5.41, 5.74) is -0.985. The zero-order valence-corrected chi connectivity index (χ0v) is 39.3. The number of hydrogen-bond acceptors (Lipinski definition) is 15. The number of amides is 2. The van der Waals surface area contributed by atoms with Crippen molar-refractivity contribution in [2.45, 2.75) is 130 Å². The third kappa shape index (κ3) is 9.45. The second kappa shape index (κ2) is 18.4. The van der Waals surface area contributed by atoms with Crippen LogP contribution in [0.2, 0.25) is 0 Å². The number of carbonyl (C=O) groups is 4. The highest BCUT2D eigenvalue weighted by Crippen LogP contribution is 2.51. The topological polar surface area (TPSA) is 235 Å². The molecule has 2 aromatic carbocycles. The van der Waals surface area contributed by atoms with Crippen molar-refractivity contribution in [1.82, 2.24) is 4.90 Å². The van der Waals surface area contributed by atoms with Gasteiger partial charge in [0.2, 0.25) is 0 Å². The number of rotatable bonds is 2. The monoisotopic (exact) mass is 904 g/mol. The molecule has 1 unspecified atom stereocenters. The van der Waals surface area contributed by atoms with E-state index in [9.17, 15) is 39.6 Å². The number of nitrogens with one attached hydrogen (secondary N) is 1. The Labute approximate surface area is 378 Å². The van der Waals surface area contributed by atoms with E-state index >= 15 is 0 Å². The Morgan fingerprint density at radius 2 is 1.60 bits per heavy atom. The van der Waals surface area contributed by atoms with Crippen molar-refractivity contribution in [3.05, 3.63) is 58.0 Å². The lowest BCUT2D eigenvalue weighted by Crippen LogP contribution is -2.56. The van der Waals surface area contributed by atoms with E-state index in [1.54, 1.807) is 65.5 Å². The number of ether oxygens (including phenoxy) is 5. The number of benzene rings is 2. The van der Waals surface area contributed by atoms with Gasteiger partial charge in [-0.05, 0) is 53.5 Å². The van der Waals surface area contributed by atoms with Gasteiger partial charge in [0.05, 0.1) is 53.3 Å². The van der Waals surface area contributed by atoms with Gasteiger partial charge in [-0.1, -0.05) is 45.9 Å². The number of esters is 1. The van der Waals surface area contributed by atoms with Crippen LogP contribution in [0.4, 0.5) is 10.5 Å². The number of ketones is 1. The highest BCUT2D eigenvalue weighted by atomic mass is 16.7. The van der Waals surface area contributed by atoms with Crippen molar-refractivity contribution in [3.63, 3.8) is 0 Å². The fourth-order valence-electron chi connectivity index (χ4n) is 9.21. The summed E-state index contributed by atoms with van der Waals surface area (Å²) in [7, 11) is 1.45. The van der Waals surface area contributed by atoms with E-state index in [1.165, 1.54) is 53.2 Å². The first kappa shape index (κ1) is 48.9. The van der Waals surface area contributed by atoms with E-state index in [0.29, 0.717) is 25.9 Å². The summed E-state index contributed by atoms with van der Waals surface area (Å²) in [4.78, 5) is 65.1. The Morgan fingerprint density at radius 3 is 2.22 bits per heavy atom. The molecule has 9 atom stereocenters. The zero-order valence-electron chi connectivity index (χ0n) is 39.3. The van der Waals surface area contributed by atoms with Crippen molar-refractivity contribution < 1.29 is 63.3 Å². The molecule has 0 aromatic heterocycles. The van der Waals surface area contributed by atoms with Crippen molar-refractivity contribution in [2.75, 3.05) is 32.1 Å². The summed E-state index contributed by atoms with van der Waals surface area (Å²) in [6.07, 6.45) is 4.03. The quantitative estimate of drug-likeness (QED) is 0.196. The number of nitrogens with zero attached hydrogens (tertiary/aromatic N) is 3. The third-order valence-electron chi connectivity index (χ3n) is 13.2. The van der Waals surface area contributed by atoms with Gasteiger partial charge >= 0.3 is 17.8 Å².